The molecule has 0 aliphatic heterocycles. The molecule has 2 aromatic heterocycles. The molecule has 0 atom stereocenters. The van der Waals surface area contributed by atoms with Gasteiger partial charge in [0.25, 0.3) is 0 Å². The molecule has 164 valence electrons. The number of aryl methyl sites for hydroxylation is 1. The lowest BCUT2D eigenvalue weighted by Gasteiger charge is -2.10. The molecule has 4 rings (SSSR count). The van der Waals surface area contributed by atoms with Gasteiger partial charge in [-0.1, -0.05) is 17.9 Å². The summed E-state index contributed by atoms with van der Waals surface area (Å²) in [7, 11) is 0. The van der Waals surface area contributed by atoms with Crippen molar-refractivity contribution < 1.29 is 9.18 Å². The van der Waals surface area contributed by atoms with Crippen LogP contribution in [-0.4, -0.2) is 27.8 Å². The maximum Gasteiger partial charge on any atom is 0.319 e. The smallest absolute Gasteiger partial charge is 0.319 e. The van der Waals surface area contributed by atoms with Gasteiger partial charge in [0.1, 0.15) is 5.82 Å². The second kappa shape index (κ2) is 10.7. The number of hydrogen-bond acceptors (Lipinski definition) is 3. The summed E-state index contributed by atoms with van der Waals surface area (Å²) in [6, 6.07) is 15.1. The molecule has 2 aromatic carbocycles. The van der Waals surface area contributed by atoms with E-state index in [4.69, 9.17) is 0 Å². The molecular weight excluding hydrogens is 417 g/mol. The number of hydrogen-bond donors (Lipinski definition) is 3. The van der Waals surface area contributed by atoms with Crippen molar-refractivity contribution >= 4 is 11.7 Å². The van der Waals surface area contributed by atoms with Crippen LogP contribution < -0.4 is 10.6 Å². The molecule has 0 fully saturated rings. The maximum atomic E-state index is 13.2. The fourth-order valence-electron chi connectivity index (χ4n) is 3.27. The zero-order valence-electron chi connectivity index (χ0n) is 17.8. The minimum Gasteiger partial charge on any atom is -0.338 e. The molecule has 3 N–H and O–H groups in total. The standard InChI is InChI=1S/C26H22FN5O/c27-23-7-4-19(5-8-23)3-6-22-16-24(9-10-25(22)21-11-14-28-15-12-21)32-26(33)29-13-1-2-20-17-30-31-18-20/h4-5,7-12,14-18H,1-2,13H2,(H,30,31)(H2,29,32,33). The quantitative estimate of drug-likeness (QED) is 0.299. The number of carbonyl (C=O) groups is 1. The summed E-state index contributed by atoms with van der Waals surface area (Å²) in [5.74, 6) is 5.92. The highest BCUT2D eigenvalue weighted by molar-refractivity contribution is 5.90. The Bertz CT molecular complexity index is 1260. The van der Waals surface area contributed by atoms with Crippen molar-refractivity contribution in [2.24, 2.45) is 0 Å². The third-order valence-electron chi connectivity index (χ3n) is 4.94. The summed E-state index contributed by atoms with van der Waals surface area (Å²) in [5, 5.41) is 12.4. The number of carbonyl (C=O) groups excluding carboxylic acids is 1. The number of anilines is 1. The van der Waals surface area contributed by atoms with Crippen LogP contribution in [0.3, 0.4) is 0 Å². The van der Waals surface area contributed by atoms with Gasteiger partial charge >= 0.3 is 6.03 Å². The molecule has 0 aliphatic rings. The monoisotopic (exact) mass is 439 g/mol. The normalized spacial score (nSPS) is 10.2. The Morgan fingerprint density at radius 1 is 1.03 bits per heavy atom. The number of amides is 2. The topological polar surface area (TPSA) is 82.7 Å². The van der Waals surface area contributed by atoms with Gasteiger partial charge in [0.05, 0.1) is 6.20 Å². The fourth-order valence-corrected chi connectivity index (χ4v) is 3.27. The molecule has 2 amide bonds. The number of urea groups is 1. The lowest BCUT2D eigenvalue weighted by atomic mass is 10.00. The highest BCUT2D eigenvalue weighted by atomic mass is 19.1. The first-order valence-corrected chi connectivity index (χ1v) is 10.5. The van der Waals surface area contributed by atoms with Crippen LogP contribution in [0.15, 0.2) is 79.4 Å². The fraction of sp³-hybridized carbons (Fsp3) is 0.115. The van der Waals surface area contributed by atoms with Crippen molar-refractivity contribution in [3.63, 3.8) is 0 Å². The summed E-state index contributed by atoms with van der Waals surface area (Å²) in [6.07, 6.45) is 8.70. The van der Waals surface area contributed by atoms with E-state index in [-0.39, 0.29) is 11.8 Å². The summed E-state index contributed by atoms with van der Waals surface area (Å²) >= 11 is 0. The molecule has 4 aromatic rings. The number of nitrogens with zero attached hydrogens (tertiary/aromatic N) is 2. The third kappa shape index (κ3) is 6.28. The number of aromatic nitrogens is 3. The van der Waals surface area contributed by atoms with Crippen LogP contribution in [0.2, 0.25) is 0 Å². The SMILES string of the molecule is O=C(NCCCc1cn[nH]c1)Nc1ccc(-c2ccncc2)c(C#Cc2ccc(F)cc2)c1. The summed E-state index contributed by atoms with van der Waals surface area (Å²) in [5.41, 5.74) is 5.05. The van der Waals surface area contributed by atoms with Crippen molar-refractivity contribution in [1.82, 2.24) is 20.5 Å². The first-order valence-electron chi connectivity index (χ1n) is 10.5. The molecule has 0 bridgehead atoms. The number of benzene rings is 2. The lowest BCUT2D eigenvalue weighted by molar-refractivity contribution is 0.252. The van der Waals surface area contributed by atoms with Crippen LogP contribution >= 0.6 is 0 Å². The van der Waals surface area contributed by atoms with Crippen LogP contribution in [0.25, 0.3) is 11.1 Å². The van der Waals surface area contributed by atoms with E-state index in [1.54, 1.807) is 30.7 Å². The highest BCUT2D eigenvalue weighted by Crippen LogP contribution is 2.25. The number of nitrogens with one attached hydrogen (secondary N) is 3. The van der Waals surface area contributed by atoms with Crippen molar-refractivity contribution in [3.8, 4) is 23.0 Å². The Morgan fingerprint density at radius 2 is 1.85 bits per heavy atom. The van der Waals surface area contributed by atoms with Crippen molar-refractivity contribution in [3.05, 3.63) is 102 Å². The van der Waals surface area contributed by atoms with Gasteiger partial charge in [0.2, 0.25) is 0 Å². The Hall–Kier alpha value is -4.44. The van der Waals surface area contributed by atoms with Gasteiger partial charge in [-0.25, -0.2) is 9.18 Å². The molecule has 6 nitrogen and oxygen atoms in total. The number of H-pyrrole nitrogens is 1. The zero-order valence-corrected chi connectivity index (χ0v) is 17.8. The molecule has 0 unspecified atom stereocenters. The summed E-state index contributed by atoms with van der Waals surface area (Å²) in [6.45, 7) is 0.545. The van der Waals surface area contributed by atoms with Crippen molar-refractivity contribution in [2.75, 3.05) is 11.9 Å². The van der Waals surface area contributed by atoms with Gasteiger partial charge < -0.3 is 10.6 Å². The molecule has 0 aliphatic carbocycles. The van der Waals surface area contributed by atoms with Crippen LogP contribution in [0.1, 0.15) is 23.1 Å². The zero-order chi connectivity index (χ0) is 22.9. The van der Waals surface area contributed by atoms with Gasteiger partial charge in [0, 0.05) is 41.9 Å². The van der Waals surface area contributed by atoms with Crippen LogP contribution in [0, 0.1) is 17.7 Å². The minimum absolute atomic E-state index is 0.281. The van der Waals surface area contributed by atoms with Crippen LogP contribution in [0.5, 0.6) is 0 Å². The second-order valence-electron chi connectivity index (χ2n) is 7.34. The van der Waals surface area contributed by atoms with Gasteiger partial charge in [-0.05, 0) is 78.1 Å². The Balaban J connectivity index is 1.48. The summed E-state index contributed by atoms with van der Waals surface area (Å²) < 4.78 is 13.2. The Labute approximate surface area is 191 Å². The molecule has 0 spiro atoms. The molecule has 0 saturated carbocycles. The number of aromatic amines is 1. The summed E-state index contributed by atoms with van der Waals surface area (Å²) in [4.78, 5) is 16.4. The molecule has 0 radical (unpaired) electrons. The number of rotatable bonds is 6. The van der Waals surface area contributed by atoms with Crippen molar-refractivity contribution in [2.45, 2.75) is 12.8 Å². The number of halogens is 1. The van der Waals surface area contributed by atoms with E-state index in [2.05, 4.69) is 37.7 Å². The Morgan fingerprint density at radius 3 is 2.61 bits per heavy atom. The first kappa shape index (κ1) is 21.8. The average Bonchev–Trinajstić information content (AvgIpc) is 3.36. The number of pyridine rings is 1. The van der Waals surface area contributed by atoms with Gasteiger partial charge in [0.15, 0.2) is 0 Å². The van der Waals surface area contributed by atoms with Crippen LogP contribution in [0.4, 0.5) is 14.9 Å². The van der Waals surface area contributed by atoms with E-state index in [9.17, 15) is 9.18 Å². The third-order valence-corrected chi connectivity index (χ3v) is 4.94. The molecule has 0 saturated heterocycles. The van der Waals surface area contributed by atoms with E-state index < -0.39 is 0 Å². The van der Waals surface area contributed by atoms with E-state index in [1.807, 2.05) is 36.5 Å². The van der Waals surface area contributed by atoms with Gasteiger partial charge in [-0.15, -0.1) is 0 Å². The highest BCUT2D eigenvalue weighted by Gasteiger charge is 2.08. The maximum absolute atomic E-state index is 13.2. The second-order valence-corrected chi connectivity index (χ2v) is 7.34. The van der Waals surface area contributed by atoms with Gasteiger partial charge in [-0.2, -0.15) is 5.10 Å². The van der Waals surface area contributed by atoms with E-state index in [1.165, 1.54) is 12.1 Å². The van der Waals surface area contributed by atoms with Crippen LogP contribution in [-0.2, 0) is 6.42 Å². The minimum atomic E-state index is -0.306. The van der Waals surface area contributed by atoms with E-state index in [0.717, 1.165) is 35.1 Å². The lowest BCUT2D eigenvalue weighted by Crippen LogP contribution is -2.29. The molecule has 7 heteroatoms. The first-order chi connectivity index (χ1) is 16.2. The molecule has 33 heavy (non-hydrogen) atoms. The Kier molecular flexibility index (Phi) is 7.08. The van der Waals surface area contributed by atoms with E-state index >= 15 is 0 Å². The largest absolute Gasteiger partial charge is 0.338 e. The molecule has 2 heterocycles. The predicted molar refractivity (Wildman–Crippen MR) is 126 cm³/mol. The van der Waals surface area contributed by atoms with E-state index in [0.29, 0.717) is 17.8 Å². The van der Waals surface area contributed by atoms with Gasteiger partial charge in [-0.3, -0.25) is 10.1 Å². The van der Waals surface area contributed by atoms with Crippen molar-refractivity contribution in [1.29, 1.82) is 0 Å². The average molecular weight is 439 g/mol. The predicted octanol–water partition coefficient (Wildman–Crippen LogP) is 4.76. The molecular formula is C26H22FN5O.